The van der Waals surface area contributed by atoms with Crippen molar-refractivity contribution in [3.8, 4) is 11.5 Å². The van der Waals surface area contributed by atoms with Gasteiger partial charge in [0.05, 0.1) is 18.7 Å². The fourth-order valence-electron chi connectivity index (χ4n) is 1.31. The van der Waals surface area contributed by atoms with E-state index in [-0.39, 0.29) is 12.5 Å². The van der Waals surface area contributed by atoms with Crippen molar-refractivity contribution in [1.29, 1.82) is 0 Å². The van der Waals surface area contributed by atoms with E-state index in [0.717, 1.165) is 5.56 Å². The highest BCUT2D eigenvalue weighted by molar-refractivity contribution is 6.32. The van der Waals surface area contributed by atoms with Crippen LogP contribution in [-0.2, 0) is 6.54 Å². The Kier molecular flexibility index (Phi) is 5.55. The van der Waals surface area contributed by atoms with Gasteiger partial charge in [-0.05, 0) is 17.7 Å². The second kappa shape index (κ2) is 6.69. The fourth-order valence-corrected chi connectivity index (χ4v) is 1.60. The first-order valence-electron chi connectivity index (χ1n) is 5.42. The van der Waals surface area contributed by atoms with Gasteiger partial charge in [-0.25, -0.2) is 0 Å². The normalized spacial score (nSPS) is 12.3. The summed E-state index contributed by atoms with van der Waals surface area (Å²) in [6.07, 6.45) is 0. The molecule has 4 nitrogen and oxygen atoms in total. The second-order valence-electron chi connectivity index (χ2n) is 3.91. The molecule has 1 unspecified atom stereocenters. The van der Waals surface area contributed by atoms with Crippen LogP contribution < -0.4 is 15.2 Å². The maximum atomic E-state index is 8.93. The van der Waals surface area contributed by atoms with E-state index in [9.17, 15) is 0 Å². The maximum absolute atomic E-state index is 8.93. The van der Waals surface area contributed by atoms with E-state index in [2.05, 4.69) is 0 Å². The van der Waals surface area contributed by atoms with Gasteiger partial charge >= 0.3 is 0 Å². The average Bonchev–Trinajstić information content (AvgIpc) is 2.35. The van der Waals surface area contributed by atoms with Gasteiger partial charge in [0.2, 0.25) is 0 Å². The zero-order chi connectivity index (χ0) is 12.8. The summed E-state index contributed by atoms with van der Waals surface area (Å²) >= 11 is 6.10. The van der Waals surface area contributed by atoms with Crippen LogP contribution in [0.2, 0.25) is 5.02 Å². The van der Waals surface area contributed by atoms with Crippen molar-refractivity contribution in [3.63, 3.8) is 0 Å². The van der Waals surface area contributed by atoms with Crippen molar-refractivity contribution >= 4 is 11.6 Å². The molecule has 0 amide bonds. The zero-order valence-electron chi connectivity index (χ0n) is 10.1. The molecule has 0 aliphatic carbocycles. The molecule has 0 saturated carbocycles. The van der Waals surface area contributed by atoms with E-state index in [1.165, 1.54) is 0 Å². The minimum absolute atomic E-state index is 0.0463. The Balaban J connectivity index is 2.89. The molecule has 17 heavy (non-hydrogen) atoms. The Hall–Kier alpha value is -0.970. The summed E-state index contributed by atoms with van der Waals surface area (Å²) in [5.74, 6) is 1.10. The smallest absolute Gasteiger partial charge is 0.179 e. The third-order valence-electron chi connectivity index (χ3n) is 2.35. The number of aliphatic hydroxyl groups excluding tert-OH is 1. The van der Waals surface area contributed by atoms with Crippen LogP contribution in [0.1, 0.15) is 12.5 Å². The number of rotatable bonds is 6. The molecule has 0 bridgehead atoms. The lowest BCUT2D eigenvalue weighted by molar-refractivity contribution is 0.171. The zero-order valence-corrected chi connectivity index (χ0v) is 10.8. The SMILES string of the molecule is COc1cc(CN)cc(Cl)c1OCC(C)CO. The Morgan fingerprint density at radius 2 is 2.18 bits per heavy atom. The predicted molar refractivity (Wildman–Crippen MR) is 67.6 cm³/mol. The maximum Gasteiger partial charge on any atom is 0.179 e. The number of ether oxygens (including phenoxy) is 2. The van der Waals surface area contributed by atoms with Crippen LogP contribution in [-0.4, -0.2) is 25.4 Å². The van der Waals surface area contributed by atoms with Crippen LogP contribution in [0.25, 0.3) is 0 Å². The first kappa shape index (κ1) is 14.1. The molecule has 0 aliphatic rings. The standard InChI is InChI=1S/C12H18ClNO3/c1-8(6-15)7-17-12-10(13)3-9(5-14)4-11(12)16-2/h3-4,8,15H,5-7,14H2,1-2H3. The van der Waals surface area contributed by atoms with E-state index in [4.69, 9.17) is 31.9 Å². The van der Waals surface area contributed by atoms with Crippen molar-refractivity contribution in [2.45, 2.75) is 13.5 Å². The molecule has 0 spiro atoms. The molecular weight excluding hydrogens is 242 g/mol. The topological polar surface area (TPSA) is 64.7 Å². The van der Waals surface area contributed by atoms with Gasteiger partial charge < -0.3 is 20.3 Å². The fraction of sp³-hybridized carbons (Fsp3) is 0.500. The summed E-state index contributed by atoms with van der Waals surface area (Å²) in [4.78, 5) is 0. The molecule has 5 heteroatoms. The van der Waals surface area contributed by atoms with Gasteiger partial charge in [-0.1, -0.05) is 18.5 Å². The van der Waals surface area contributed by atoms with Crippen LogP contribution in [0.4, 0.5) is 0 Å². The molecule has 0 heterocycles. The summed E-state index contributed by atoms with van der Waals surface area (Å²) in [6.45, 7) is 2.73. The average molecular weight is 260 g/mol. The molecule has 0 aliphatic heterocycles. The quantitative estimate of drug-likeness (QED) is 0.818. The van der Waals surface area contributed by atoms with Crippen molar-refractivity contribution in [2.24, 2.45) is 11.7 Å². The van der Waals surface area contributed by atoms with Crippen LogP contribution in [0, 0.1) is 5.92 Å². The second-order valence-corrected chi connectivity index (χ2v) is 4.32. The van der Waals surface area contributed by atoms with Crippen LogP contribution in [0.5, 0.6) is 11.5 Å². The number of nitrogens with two attached hydrogens (primary N) is 1. The van der Waals surface area contributed by atoms with Crippen molar-refractivity contribution in [2.75, 3.05) is 20.3 Å². The van der Waals surface area contributed by atoms with Crippen molar-refractivity contribution in [1.82, 2.24) is 0 Å². The Bertz CT molecular complexity index is 371. The summed E-state index contributed by atoms with van der Waals surface area (Å²) in [5, 5.41) is 9.40. The number of aliphatic hydroxyl groups is 1. The monoisotopic (exact) mass is 259 g/mol. The predicted octanol–water partition coefficient (Wildman–Crippen LogP) is 1.81. The van der Waals surface area contributed by atoms with Crippen LogP contribution in [0.15, 0.2) is 12.1 Å². The number of hydrogen-bond acceptors (Lipinski definition) is 4. The first-order chi connectivity index (χ1) is 8.12. The number of hydrogen-bond donors (Lipinski definition) is 2. The Morgan fingerprint density at radius 3 is 2.71 bits per heavy atom. The van der Waals surface area contributed by atoms with E-state index >= 15 is 0 Å². The molecule has 1 atom stereocenters. The van der Waals surface area contributed by atoms with E-state index in [1.54, 1.807) is 19.2 Å². The Labute approximate surface area is 106 Å². The molecule has 1 aromatic rings. The number of halogens is 1. The lowest BCUT2D eigenvalue weighted by Gasteiger charge is -2.15. The number of methoxy groups -OCH3 is 1. The molecule has 0 aromatic heterocycles. The van der Waals surface area contributed by atoms with Gasteiger partial charge in [0.25, 0.3) is 0 Å². The molecule has 1 aromatic carbocycles. The largest absolute Gasteiger partial charge is 0.493 e. The van der Waals surface area contributed by atoms with E-state index < -0.39 is 0 Å². The molecule has 96 valence electrons. The highest BCUT2D eigenvalue weighted by atomic mass is 35.5. The molecule has 0 saturated heterocycles. The molecule has 0 fully saturated rings. The Morgan fingerprint density at radius 1 is 1.47 bits per heavy atom. The number of benzene rings is 1. The van der Waals surface area contributed by atoms with Gasteiger partial charge in [-0.2, -0.15) is 0 Å². The third-order valence-corrected chi connectivity index (χ3v) is 2.63. The van der Waals surface area contributed by atoms with Gasteiger partial charge in [0.15, 0.2) is 11.5 Å². The molecule has 3 N–H and O–H groups in total. The van der Waals surface area contributed by atoms with Gasteiger partial charge in [0.1, 0.15) is 0 Å². The third kappa shape index (κ3) is 3.77. The summed E-state index contributed by atoms with van der Waals surface area (Å²) in [6, 6.07) is 3.55. The first-order valence-corrected chi connectivity index (χ1v) is 5.80. The lowest BCUT2D eigenvalue weighted by atomic mass is 10.2. The minimum atomic E-state index is 0.0463. The minimum Gasteiger partial charge on any atom is -0.493 e. The summed E-state index contributed by atoms with van der Waals surface area (Å²) in [7, 11) is 1.55. The van der Waals surface area contributed by atoms with E-state index in [0.29, 0.717) is 29.7 Å². The molecule has 0 radical (unpaired) electrons. The summed E-state index contributed by atoms with van der Waals surface area (Å²) in [5.41, 5.74) is 6.43. The van der Waals surface area contributed by atoms with Crippen LogP contribution >= 0.6 is 11.6 Å². The van der Waals surface area contributed by atoms with Crippen molar-refractivity contribution in [3.05, 3.63) is 22.7 Å². The molecule has 1 rings (SSSR count). The summed E-state index contributed by atoms with van der Waals surface area (Å²) < 4.78 is 10.8. The van der Waals surface area contributed by atoms with Crippen molar-refractivity contribution < 1.29 is 14.6 Å². The molecular formula is C12H18ClNO3. The van der Waals surface area contributed by atoms with Gasteiger partial charge in [-0.15, -0.1) is 0 Å². The van der Waals surface area contributed by atoms with Gasteiger partial charge in [0, 0.05) is 19.1 Å². The van der Waals surface area contributed by atoms with Crippen LogP contribution in [0.3, 0.4) is 0 Å². The van der Waals surface area contributed by atoms with Gasteiger partial charge in [-0.3, -0.25) is 0 Å². The lowest BCUT2D eigenvalue weighted by Crippen LogP contribution is -2.13. The highest BCUT2D eigenvalue weighted by Gasteiger charge is 2.12. The highest BCUT2D eigenvalue weighted by Crippen LogP contribution is 2.36. The van der Waals surface area contributed by atoms with E-state index in [1.807, 2.05) is 6.92 Å².